The van der Waals surface area contributed by atoms with Crippen LogP contribution in [0, 0.1) is 5.92 Å². The molecule has 0 aliphatic carbocycles. The van der Waals surface area contributed by atoms with E-state index in [0.29, 0.717) is 18.1 Å². The Labute approximate surface area is 126 Å². The van der Waals surface area contributed by atoms with Crippen molar-refractivity contribution in [2.45, 2.75) is 33.7 Å². The van der Waals surface area contributed by atoms with Crippen molar-refractivity contribution in [1.82, 2.24) is 5.32 Å². The van der Waals surface area contributed by atoms with E-state index in [9.17, 15) is 9.59 Å². The van der Waals surface area contributed by atoms with Crippen LogP contribution in [0.1, 0.15) is 38.1 Å². The number of amides is 1. The molecule has 1 atom stereocenters. The Morgan fingerprint density at radius 3 is 2.29 bits per heavy atom. The molecule has 116 valence electrons. The molecule has 0 heterocycles. The maximum absolute atomic E-state index is 11.7. The Bertz CT molecular complexity index is 469. The van der Waals surface area contributed by atoms with Gasteiger partial charge in [-0.2, -0.15) is 0 Å². The van der Waals surface area contributed by atoms with E-state index in [1.807, 2.05) is 6.92 Å². The summed E-state index contributed by atoms with van der Waals surface area (Å²) in [6, 6.07) is 7.01. The first-order valence-electron chi connectivity index (χ1n) is 7.24. The van der Waals surface area contributed by atoms with Gasteiger partial charge in [-0.05, 0) is 44.0 Å². The van der Waals surface area contributed by atoms with Gasteiger partial charge in [-0.3, -0.25) is 4.79 Å². The zero-order chi connectivity index (χ0) is 15.8. The lowest BCUT2D eigenvalue weighted by molar-refractivity contribution is -0.120. The van der Waals surface area contributed by atoms with E-state index in [0.717, 1.165) is 5.69 Å². The normalized spacial score (nSPS) is 11.9. The molecule has 2 N–H and O–H groups in total. The van der Waals surface area contributed by atoms with Gasteiger partial charge in [0.15, 0.2) is 0 Å². The maximum Gasteiger partial charge on any atom is 0.338 e. The topological polar surface area (TPSA) is 67.4 Å². The molecular weight excluding hydrogens is 268 g/mol. The number of rotatable bonds is 7. The van der Waals surface area contributed by atoms with Crippen molar-refractivity contribution in [3.63, 3.8) is 0 Å². The first-order valence-corrected chi connectivity index (χ1v) is 7.24. The van der Waals surface area contributed by atoms with Crippen LogP contribution in [-0.4, -0.2) is 31.1 Å². The Balaban J connectivity index is 2.46. The van der Waals surface area contributed by atoms with Crippen molar-refractivity contribution in [1.29, 1.82) is 0 Å². The van der Waals surface area contributed by atoms with Crippen LogP contribution in [-0.2, 0) is 9.53 Å². The van der Waals surface area contributed by atoms with Gasteiger partial charge >= 0.3 is 5.97 Å². The van der Waals surface area contributed by atoms with Crippen LogP contribution >= 0.6 is 0 Å². The second kappa shape index (κ2) is 8.29. The lowest BCUT2D eigenvalue weighted by atomic mass is 10.1. The van der Waals surface area contributed by atoms with Crippen molar-refractivity contribution in [3.05, 3.63) is 29.8 Å². The van der Waals surface area contributed by atoms with Crippen LogP contribution in [0.3, 0.4) is 0 Å². The molecule has 1 aromatic carbocycles. The van der Waals surface area contributed by atoms with Crippen molar-refractivity contribution < 1.29 is 14.3 Å². The number of hydrogen-bond acceptors (Lipinski definition) is 4. The fraction of sp³-hybridized carbons (Fsp3) is 0.500. The third kappa shape index (κ3) is 5.85. The lowest BCUT2D eigenvalue weighted by Crippen LogP contribution is -2.39. The molecule has 1 aromatic rings. The van der Waals surface area contributed by atoms with Gasteiger partial charge in [0.25, 0.3) is 0 Å². The highest BCUT2D eigenvalue weighted by Gasteiger charge is 2.10. The second-order valence-electron chi connectivity index (χ2n) is 5.25. The zero-order valence-electron chi connectivity index (χ0n) is 13.1. The Morgan fingerprint density at radius 1 is 1.14 bits per heavy atom. The minimum Gasteiger partial charge on any atom is -0.462 e. The van der Waals surface area contributed by atoms with Crippen LogP contribution < -0.4 is 10.6 Å². The van der Waals surface area contributed by atoms with Gasteiger partial charge in [-0.15, -0.1) is 0 Å². The van der Waals surface area contributed by atoms with Gasteiger partial charge in [-0.1, -0.05) is 13.8 Å². The summed E-state index contributed by atoms with van der Waals surface area (Å²) in [4.78, 5) is 23.2. The first kappa shape index (κ1) is 17.0. The molecule has 0 aliphatic rings. The molecule has 0 saturated carbocycles. The SMILES string of the molecule is CCOC(=O)c1ccc(NCC(=O)N[C@H](C)C(C)C)cc1. The average molecular weight is 292 g/mol. The van der Waals surface area contributed by atoms with Gasteiger partial charge in [0.05, 0.1) is 18.7 Å². The van der Waals surface area contributed by atoms with E-state index in [2.05, 4.69) is 24.5 Å². The number of hydrogen-bond donors (Lipinski definition) is 2. The smallest absolute Gasteiger partial charge is 0.338 e. The molecule has 0 bridgehead atoms. The predicted molar refractivity (Wildman–Crippen MR) is 83.3 cm³/mol. The zero-order valence-corrected chi connectivity index (χ0v) is 13.1. The fourth-order valence-electron chi connectivity index (χ4n) is 1.59. The molecule has 0 radical (unpaired) electrons. The van der Waals surface area contributed by atoms with Gasteiger partial charge in [0, 0.05) is 11.7 Å². The average Bonchev–Trinajstić information content (AvgIpc) is 2.45. The van der Waals surface area contributed by atoms with E-state index in [1.165, 1.54) is 0 Å². The molecule has 5 nitrogen and oxygen atoms in total. The molecule has 0 saturated heterocycles. The number of carbonyl (C=O) groups is 2. The molecule has 0 fully saturated rings. The Hall–Kier alpha value is -2.04. The maximum atomic E-state index is 11.7. The molecule has 21 heavy (non-hydrogen) atoms. The molecule has 1 amide bonds. The highest BCUT2D eigenvalue weighted by molar-refractivity contribution is 5.90. The van der Waals surface area contributed by atoms with E-state index >= 15 is 0 Å². The number of nitrogens with one attached hydrogen (secondary N) is 2. The second-order valence-corrected chi connectivity index (χ2v) is 5.25. The highest BCUT2D eigenvalue weighted by Crippen LogP contribution is 2.10. The number of carbonyl (C=O) groups excluding carboxylic acids is 2. The standard InChI is InChI=1S/C16H24N2O3/c1-5-21-16(20)13-6-8-14(9-7-13)17-10-15(19)18-12(4)11(2)3/h6-9,11-12,17H,5,10H2,1-4H3,(H,18,19)/t12-/m1/s1. The first-order chi connectivity index (χ1) is 9.93. The van der Waals surface area contributed by atoms with Crippen LogP contribution in [0.5, 0.6) is 0 Å². The molecule has 0 aromatic heterocycles. The molecule has 0 spiro atoms. The summed E-state index contributed by atoms with van der Waals surface area (Å²) in [6.07, 6.45) is 0. The number of ether oxygens (including phenoxy) is 1. The van der Waals surface area contributed by atoms with E-state index in [-0.39, 0.29) is 24.5 Å². The summed E-state index contributed by atoms with van der Waals surface area (Å²) in [6.45, 7) is 8.43. The van der Waals surface area contributed by atoms with Gasteiger partial charge < -0.3 is 15.4 Å². The number of anilines is 1. The summed E-state index contributed by atoms with van der Waals surface area (Å²) < 4.78 is 4.91. The van der Waals surface area contributed by atoms with Gasteiger partial charge in [0.1, 0.15) is 0 Å². The molecule has 1 rings (SSSR count). The number of esters is 1. The molecule has 5 heteroatoms. The minimum atomic E-state index is -0.340. The van der Waals surface area contributed by atoms with E-state index in [1.54, 1.807) is 31.2 Å². The summed E-state index contributed by atoms with van der Waals surface area (Å²) in [7, 11) is 0. The van der Waals surface area contributed by atoms with Gasteiger partial charge in [0.2, 0.25) is 5.91 Å². The fourth-order valence-corrected chi connectivity index (χ4v) is 1.59. The Kier molecular flexibility index (Phi) is 6.72. The largest absolute Gasteiger partial charge is 0.462 e. The summed E-state index contributed by atoms with van der Waals surface area (Å²) in [5, 5.41) is 5.94. The predicted octanol–water partition coefficient (Wildman–Crippen LogP) is 2.44. The summed E-state index contributed by atoms with van der Waals surface area (Å²) in [5.41, 5.74) is 1.29. The van der Waals surface area contributed by atoms with Crippen molar-refractivity contribution >= 4 is 17.6 Å². The third-order valence-electron chi connectivity index (χ3n) is 3.24. The number of benzene rings is 1. The van der Waals surface area contributed by atoms with Crippen LogP contribution in [0.25, 0.3) is 0 Å². The van der Waals surface area contributed by atoms with E-state index in [4.69, 9.17) is 4.74 Å². The lowest BCUT2D eigenvalue weighted by Gasteiger charge is -2.17. The molecule has 0 aliphatic heterocycles. The van der Waals surface area contributed by atoms with E-state index < -0.39 is 0 Å². The molecular formula is C16H24N2O3. The van der Waals surface area contributed by atoms with Gasteiger partial charge in [-0.25, -0.2) is 4.79 Å². The Morgan fingerprint density at radius 2 is 1.76 bits per heavy atom. The molecule has 0 unspecified atom stereocenters. The summed E-state index contributed by atoms with van der Waals surface area (Å²) in [5.74, 6) is 0.0102. The monoisotopic (exact) mass is 292 g/mol. The quantitative estimate of drug-likeness (QED) is 0.757. The van der Waals surface area contributed by atoms with Crippen LogP contribution in [0.15, 0.2) is 24.3 Å². The third-order valence-corrected chi connectivity index (χ3v) is 3.24. The van der Waals surface area contributed by atoms with Crippen molar-refractivity contribution in [2.24, 2.45) is 5.92 Å². The van der Waals surface area contributed by atoms with Crippen molar-refractivity contribution in [2.75, 3.05) is 18.5 Å². The van der Waals surface area contributed by atoms with Crippen LogP contribution in [0.4, 0.5) is 5.69 Å². The minimum absolute atomic E-state index is 0.0503. The van der Waals surface area contributed by atoms with Crippen LogP contribution in [0.2, 0.25) is 0 Å². The van der Waals surface area contributed by atoms with Crippen molar-refractivity contribution in [3.8, 4) is 0 Å². The highest BCUT2D eigenvalue weighted by atomic mass is 16.5. The summed E-state index contributed by atoms with van der Waals surface area (Å²) >= 11 is 0.